The van der Waals surface area contributed by atoms with Crippen molar-refractivity contribution in [1.82, 2.24) is 10.2 Å². The maximum Gasteiger partial charge on any atom is 0.318 e. The Balaban J connectivity index is 1.69. The maximum atomic E-state index is 12.8. The molecule has 0 aliphatic heterocycles. The van der Waals surface area contributed by atoms with Gasteiger partial charge in [-0.1, -0.05) is 54.1 Å². The lowest BCUT2D eigenvalue weighted by molar-refractivity contribution is 0.164. The molecule has 4 heteroatoms. The second kappa shape index (κ2) is 8.17. The number of nitrogens with zero attached hydrogens (tertiary/aromatic N) is 1. The van der Waals surface area contributed by atoms with E-state index in [0.29, 0.717) is 19.5 Å². The quantitative estimate of drug-likeness (QED) is 0.846. The second-order valence-electron chi connectivity index (χ2n) is 6.67. The van der Waals surface area contributed by atoms with Crippen LogP contribution in [-0.2, 0) is 13.0 Å². The average Bonchev–Trinajstić information content (AvgIpc) is 3.06. The Hall–Kier alpha value is -2.33. The Labute approximate surface area is 149 Å². The van der Waals surface area contributed by atoms with Crippen LogP contribution in [0, 0.1) is 6.92 Å². The highest BCUT2D eigenvalue weighted by Crippen LogP contribution is 2.35. The first-order valence-electron chi connectivity index (χ1n) is 8.97. The number of fused-ring (bicyclic) bond motifs is 1. The summed E-state index contributed by atoms with van der Waals surface area (Å²) in [7, 11) is 0. The van der Waals surface area contributed by atoms with Crippen LogP contribution >= 0.6 is 0 Å². The molecule has 1 aliphatic carbocycles. The number of benzene rings is 2. The number of aryl methyl sites for hydroxylation is 2. The molecule has 0 radical (unpaired) electrons. The minimum absolute atomic E-state index is 0.0595. The maximum absolute atomic E-state index is 12.8. The fraction of sp³-hybridized carbons (Fsp3) is 0.381. The molecule has 2 aromatic rings. The van der Waals surface area contributed by atoms with Crippen molar-refractivity contribution in [1.29, 1.82) is 0 Å². The summed E-state index contributed by atoms with van der Waals surface area (Å²) in [5, 5.41) is 12.3. The number of aliphatic hydroxyl groups is 1. The Bertz CT molecular complexity index is 712. The monoisotopic (exact) mass is 338 g/mol. The SMILES string of the molecule is Cc1ccc(CNC(=O)N(CCCO)C2CCc3ccccc32)cc1. The van der Waals surface area contributed by atoms with Gasteiger partial charge in [-0.25, -0.2) is 4.79 Å². The molecule has 3 rings (SSSR count). The van der Waals surface area contributed by atoms with Gasteiger partial charge >= 0.3 is 6.03 Å². The molecule has 0 saturated heterocycles. The molecule has 25 heavy (non-hydrogen) atoms. The minimum atomic E-state index is -0.0595. The number of carbonyl (C=O) groups excluding carboxylic acids is 1. The predicted octanol–water partition coefficient (Wildman–Crippen LogP) is 3.58. The highest BCUT2D eigenvalue weighted by Gasteiger charge is 2.30. The van der Waals surface area contributed by atoms with E-state index in [-0.39, 0.29) is 18.7 Å². The van der Waals surface area contributed by atoms with Crippen molar-refractivity contribution in [2.75, 3.05) is 13.2 Å². The van der Waals surface area contributed by atoms with E-state index in [1.54, 1.807) is 0 Å². The third-order valence-corrected chi connectivity index (χ3v) is 4.86. The van der Waals surface area contributed by atoms with Crippen molar-refractivity contribution in [3.63, 3.8) is 0 Å². The summed E-state index contributed by atoms with van der Waals surface area (Å²) in [6.07, 6.45) is 2.54. The topological polar surface area (TPSA) is 52.6 Å². The van der Waals surface area contributed by atoms with Crippen LogP contribution in [0.3, 0.4) is 0 Å². The molecular formula is C21H26N2O2. The largest absolute Gasteiger partial charge is 0.396 e. The zero-order chi connectivity index (χ0) is 17.6. The van der Waals surface area contributed by atoms with Crippen LogP contribution < -0.4 is 5.32 Å². The standard InChI is InChI=1S/C21H26N2O2/c1-16-7-9-17(10-8-16)15-22-21(25)23(13-4-14-24)20-12-11-18-5-2-3-6-19(18)20/h2-3,5-10,20,24H,4,11-15H2,1H3,(H,22,25). The molecule has 2 aromatic carbocycles. The number of hydrogen-bond acceptors (Lipinski definition) is 2. The molecule has 2 amide bonds. The van der Waals surface area contributed by atoms with E-state index in [9.17, 15) is 9.90 Å². The summed E-state index contributed by atoms with van der Waals surface area (Å²) in [5.41, 5.74) is 4.87. The molecule has 0 saturated carbocycles. The van der Waals surface area contributed by atoms with Gasteiger partial charge in [0, 0.05) is 19.7 Å². The van der Waals surface area contributed by atoms with Gasteiger partial charge in [0.1, 0.15) is 0 Å². The van der Waals surface area contributed by atoms with E-state index in [2.05, 4.69) is 42.6 Å². The van der Waals surface area contributed by atoms with Crippen molar-refractivity contribution < 1.29 is 9.90 Å². The Morgan fingerprint density at radius 1 is 1.20 bits per heavy atom. The molecule has 132 valence electrons. The molecule has 0 fully saturated rings. The van der Waals surface area contributed by atoms with Crippen LogP contribution in [0.4, 0.5) is 4.79 Å². The predicted molar refractivity (Wildman–Crippen MR) is 99.3 cm³/mol. The van der Waals surface area contributed by atoms with Crippen molar-refractivity contribution >= 4 is 6.03 Å². The van der Waals surface area contributed by atoms with Gasteiger partial charge in [0.05, 0.1) is 6.04 Å². The highest BCUT2D eigenvalue weighted by atomic mass is 16.3. The van der Waals surface area contributed by atoms with E-state index in [0.717, 1.165) is 18.4 Å². The average molecular weight is 338 g/mol. The third-order valence-electron chi connectivity index (χ3n) is 4.86. The number of nitrogens with one attached hydrogen (secondary N) is 1. The van der Waals surface area contributed by atoms with Gasteiger partial charge in [-0.15, -0.1) is 0 Å². The van der Waals surface area contributed by atoms with Crippen LogP contribution in [0.1, 0.15) is 41.1 Å². The van der Waals surface area contributed by atoms with Crippen molar-refractivity contribution in [2.24, 2.45) is 0 Å². The van der Waals surface area contributed by atoms with Crippen LogP contribution in [0.15, 0.2) is 48.5 Å². The normalized spacial score (nSPS) is 15.7. The van der Waals surface area contributed by atoms with Gasteiger partial charge in [-0.2, -0.15) is 0 Å². The number of urea groups is 1. The van der Waals surface area contributed by atoms with Crippen LogP contribution in [0.2, 0.25) is 0 Å². The Morgan fingerprint density at radius 2 is 1.96 bits per heavy atom. The molecule has 1 atom stereocenters. The van der Waals surface area contributed by atoms with E-state index < -0.39 is 0 Å². The van der Waals surface area contributed by atoms with E-state index >= 15 is 0 Å². The molecule has 0 aromatic heterocycles. The molecule has 1 aliphatic rings. The first-order valence-corrected chi connectivity index (χ1v) is 8.97. The Morgan fingerprint density at radius 3 is 2.72 bits per heavy atom. The lowest BCUT2D eigenvalue weighted by Crippen LogP contribution is -2.42. The van der Waals surface area contributed by atoms with Gasteiger partial charge in [-0.3, -0.25) is 0 Å². The number of amides is 2. The van der Waals surface area contributed by atoms with E-state index in [4.69, 9.17) is 0 Å². The number of rotatable bonds is 6. The third kappa shape index (κ3) is 4.20. The molecule has 0 spiro atoms. The summed E-state index contributed by atoms with van der Waals surface area (Å²) in [6.45, 7) is 3.23. The van der Waals surface area contributed by atoms with Gasteiger partial charge in [0.15, 0.2) is 0 Å². The summed E-state index contributed by atoms with van der Waals surface area (Å²) in [5.74, 6) is 0. The molecule has 4 nitrogen and oxygen atoms in total. The van der Waals surface area contributed by atoms with Gasteiger partial charge < -0.3 is 15.3 Å². The molecular weight excluding hydrogens is 312 g/mol. The molecule has 0 bridgehead atoms. The number of carbonyl (C=O) groups is 1. The summed E-state index contributed by atoms with van der Waals surface area (Å²) >= 11 is 0. The first kappa shape index (κ1) is 17.5. The molecule has 0 heterocycles. The first-order chi connectivity index (χ1) is 12.2. The second-order valence-corrected chi connectivity index (χ2v) is 6.67. The fourth-order valence-electron chi connectivity index (χ4n) is 3.48. The van der Waals surface area contributed by atoms with Crippen molar-refractivity contribution in [3.8, 4) is 0 Å². The number of hydrogen-bond donors (Lipinski definition) is 2. The zero-order valence-corrected chi connectivity index (χ0v) is 14.7. The fourth-order valence-corrected chi connectivity index (χ4v) is 3.48. The van der Waals surface area contributed by atoms with E-state index in [1.807, 2.05) is 23.1 Å². The van der Waals surface area contributed by atoms with Crippen LogP contribution in [0.25, 0.3) is 0 Å². The molecule has 1 unspecified atom stereocenters. The Kier molecular flexibility index (Phi) is 5.71. The summed E-state index contributed by atoms with van der Waals surface area (Å²) in [6, 6.07) is 16.6. The number of aliphatic hydroxyl groups excluding tert-OH is 1. The van der Waals surface area contributed by atoms with Gasteiger partial charge in [-0.05, 0) is 42.9 Å². The zero-order valence-electron chi connectivity index (χ0n) is 14.7. The lowest BCUT2D eigenvalue weighted by Gasteiger charge is -2.30. The van der Waals surface area contributed by atoms with Crippen LogP contribution in [0.5, 0.6) is 0 Å². The van der Waals surface area contributed by atoms with E-state index in [1.165, 1.54) is 16.7 Å². The smallest absolute Gasteiger partial charge is 0.318 e. The lowest BCUT2D eigenvalue weighted by atomic mass is 10.1. The van der Waals surface area contributed by atoms with Gasteiger partial charge in [0.25, 0.3) is 0 Å². The summed E-state index contributed by atoms with van der Waals surface area (Å²) < 4.78 is 0. The summed E-state index contributed by atoms with van der Waals surface area (Å²) in [4.78, 5) is 14.7. The molecule has 2 N–H and O–H groups in total. The van der Waals surface area contributed by atoms with Gasteiger partial charge in [0.2, 0.25) is 0 Å². The van der Waals surface area contributed by atoms with Crippen molar-refractivity contribution in [3.05, 3.63) is 70.8 Å². The highest BCUT2D eigenvalue weighted by molar-refractivity contribution is 5.75. The van der Waals surface area contributed by atoms with Crippen molar-refractivity contribution in [2.45, 2.75) is 38.8 Å². The minimum Gasteiger partial charge on any atom is -0.396 e. The van der Waals surface area contributed by atoms with Crippen LogP contribution in [-0.4, -0.2) is 29.2 Å².